The smallest absolute Gasteiger partial charge is 0.191 e. The van der Waals surface area contributed by atoms with Crippen LogP contribution in [0.3, 0.4) is 0 Å². The van der Waals surface area contributed by atoms with E-state index in [0.29, 0.717) is 6.04 Å². The van der Waals surface area contributed by atoms with E-state index in [9.17, 15) is 0 Å². The number of aliphatic imine (C=N–C) groups is 1. The van der Waals surface area contributed by atoms with Crippen molar-refractivity contribution in [2.24, 2.45) is 4.99 Å². The van der Waals surface area contributed by atoms with Crippen LogP contribution in [0.5, 0.6) is 5.75 Å². The van der Waals surface area contributed by atoms with E-state index in [1.165, 1.54) is 12.0 Å². The highest BCUT2D eigenvalue weighted by Crippen LogP contribution is 2.10. The van der Waals surface area contributed by atoms with Gasteiger partial charge in [-0.2, -0.15) is 0 Å². The first-order valence-corrected chi connectivity index (χ1v) is 7.88. The molecular weight excluding hydrogens is 403 g/mol. The number of likely N-dealkylation sites (N-methyl/N-ethyl adjacent to an activating group) is 1. The molecule has 1 atom stereocenters. The van der Waals surface area contributed by atoms with E-state index in [1.54, 1.807) is 14.2 Å². The molecule has 2 N–H and O–H groups in total. The third-order valence-corrected chi connectivity index (χ3v) is 3.94. The van der Waals surface area contributed by atoms with Gasteiger partial charge in [-0.1, -0.05) is 19.1 Å². The van der Waals surface area contributed by atoms with Gasteiger partial charge in [0.15, 0.2) is 5.96 Å². The number of guanidine groups is 1. The molecule has 23 heavy (non-hydrogen) atoms. The number of nitrogens with zero attached hydrogens (tertiary/aromatic N) is 2. The number of rotatable bonds is 8. The summed E-state index contributed by atoms with van der Waals surface area (Å²) in [7, 11) is 5.63. The Morgan fingerprint density at radius 1 is 1.26 bits per heavy atom. The molecule has 0 saturated carbocycles. The van der Waals surface area contributed by atoms with Crippen LogP contribution in [0.2, 0.25) is 0 Å². The Hall–Kier alpha value is -1.02. The molecule has 6 heteroatoms. The first-order chi connectivity index (χ1) is 10.6. The fourth-order valence-corrected chi connectivity index (χ4v) is 2.03. The van der Waals surface area contributed by atoms with Crippen molar-refractivity contribution in [1.29, 1.82) is 0 Å². The molecule has 0 saturated heterocycles. The minimum Gasteiger partial charge on any atom is -0.497 e. The normalized spacial score (nSPS) is 12.5. The molecule has 0 amide bonds. The van der Waals surface area contributed by atoms with Crippen LogP contribution < -0.4 is 15.4 Å². The number of ether oxygens (including phenoxy) is 1. The van der Waals surface area contributed by atoms with E-state index >= 15 is 0 Å². The number of benzene rings is 1. The second-order valence-corrected chi connectivity index (χ2v) is 5.44. The van der Waals surface area contributed by atoms with E-state index in [2.05, 4.69) is 53.6 Å². The maximum atomic E-state index is 5.16. The van der Waals surface area contributed by atoms with Crippen molar-refractivity contribution in [2.45, 2.75) is 32.9 Å². The average molecular weight is 434 g/mol. The van der Waals surface area contributed by atoms with Gasteiger partial charge in [0.2, 0.25) is 0 Å². The van der Waals surface area contributed by atoms with Crippen molar-refractivity contribution in [1.82, 2.24) is 15.5 Å². The number of halogens is 1. The van der Waals surface area contributed by atoms with Gasteiger partial charge in [-0.15, -0.1) is 24.0 Å². The van der Waals surface area contributed by atoms with Crippen molar-refractivity contribution in [2.75, 3.05) is 34.3 Å². The predicted molar refractivity (Wildman–Crippen MR) is 109 cm³/mol. The molecule has 0 radical (unpaired) electrons. The summed E-state index contributed by atoms with van der Waals surface area (Å²) in [5, 5.41) is 6.66. The van der Waals surface area contributed by atoms with Gasteiger partial charge in [0.25, 0.3) is 0 Å². The van der Waals surface area contributed by atoms with Gasteiger partial charge in [0, 0.05) is 32.7 Å². The standard InChI is InChI=1S/C17H30N4O.HI/c1-6-14(2)21(4)12-11-19-17(18-3)20-13-15-7-9-16(22-5)10-8-15;/h7-10,14H,6,11-13H2,1-5H3,(H2,18,19,20);1H. The van der Waals surface area contributed by atoms with Crippen molar-refractivity contribution in [3.8, 4) is 5.75 Å². The second kappa shape index (κ2) is 12.4. The van der Waals surface area contributed by atoms with Crippen molar-refractivity contribution >= 4 is 29.9 Å². The minimum atomic E-state index is 0. The van der Waals surface area contributed by atoms with Gasteiger partial charge in [-0.25, -0.2) is 0 Å². The predicted octanol–water partition coefficient (Wildman–Crippen LogP) is 2.71. The number of hydrogen-bond acceptors (Lipinski definition) is 3. The largest absolute Gasteiger partial charge is 0.497 e. The fourth-order valence-electron chi connectivity index (χ4n) is 2.03. The lowest BCUT2D eigenvalue weighted by molar-refractivity contribution is 0.255. The third-order valence-electron chi connectivity index (χ3n) is 3.94. The Bertz CT molecular complexity index is 450. The summed E-state index contributed by atoms with van der Waals surface area (Å²) in [4.78, 5) is 6.60. The summed E-state index contributed by atoms with van der Waals surface area (Å²) >= 11 is 0. The maximum Gasteiger partial charge on any atom is 0.191 e. The van der Waals surface area contributed by atoms with Crippen LogP contribution in [0, 0.1) is 0 Å². The van der Waals surface area contributed by atoms with Crippen molar-refractivity contribution in [3.63, 3.8) is 0 Å². The topological polar surface area (TPSA) is 48.9 Å². The first-order valence-electron chi connectivity index (χ1n) is 7.88. The maximum absolute atomic E-state index is 5.16. The van der Waals surface area contributed by atoms with E-state index < -0.39 is 0 Å². The molecule has 1 aromatic rings. The number of methoxy groups -OCH3 is 1. The molecule has 0 spiro atoms. The molecule has 1 unspecified atom stereocenters. The number of nitrogens with one attached hydrogen (secondary N) is 2. The molecule has 0 fully saturated rings. The molecule has 1 aromatic carbocycles. The zero-order valence-corrected chi connectivity index (χ0v) is 17.3. The van der Waals surface area contributed by atoms with Gasteiger partial charge in [-0.3, -0.25) is 4.99 Å². The van der Waals surface area contributed by atoms with Gasteiger partial charge >= 0.3 is 0 Å². The minimum absolute atomic E-state index is 0. The Kier molecular flexibility index (Phi) is 11.9. The van der Waals surface area contributed by atoms with Crippen LogP contribution in [0.15, 0.2) is 29.3 Å². The van der Waals surface area contributed by atoms with E-state index in [1.807, 2.05) is 12.1 Å². The van der Waals surface area contributed by atoms with Crippen LogP contribution in [0.25, 0.3) is 0 Å². The quantitative estimate of drug-likeness (QED) is 0.375. The second-order valence-electron chi connectivity index (χ2n) is 5.44. The van der Waals surface area contributed by atoms with Crippen LogP contribution in [0.1, 0.15) is 25.8 Å². The molecule has 1 rings (SSSR count). The monoisotopic (exact) mass is 434 g/mol. The molecule has 0 aliphatic carbocycles. The van der Waals surface area contributed by atoms with Crippen LogP contribution >= 0.6 is 24.0 Å². The summed E-state index contributed by atoms with van der Waals surface area (Å²) in [6.07, 6.45) is 1.17. The van der Waals surface area contributed by atoms with E-state index in [-0.39, 0.29) is 24.0 Å². The van der Waals surface area contributed by atoms with Crippen LogP contribution in [-0.4, -0.2) is 51.2 Å². The molecule has 132 valence electrons. The highest BCUT2D eigenvalue weighted by Gasteiger charge is 2.06. The van der Waals surface area contributed by atoms with E-state index in [0.717, 1.165) is 31.3 Å². The molecular formula is C17H31IN4O. The number of hydrogen-bond donors (Lipinski definition) is 2. The lowest BCUT2D eigenvalue weighted by Gasteiger charge is -2.24. The zero-order valence-electron chi connectivity index (χ0n) is 14.9. The zero-order chi connectivity index (χ0) is 16.4. The SMILES string of the molecule is CCC(C)N(C)CCNC(=NC)NCc1ccc(OC)cc1.I. The van der Waals surface area contributed by atoms with Crippen molar-refractivity contribution < 1.29 is 4.74 Å². The Balaban J connectivity index is 0.00000484. The summed E-state index contributed by atoms with van der Waals surface area (Å²) in [5.41, 5.74) is 1.19. The van der Waals surface area contributed by atoms with Crippen LogP contribution in [0.4, 0.5) is 0 Å². The molecule has 0 aliphatic rings. The summed E-state index contributed by atoms with van der Waals surface area (Å²) in [5.74, 6) is 1.70. The van der Waals surface area contributed by atoms with Gasteiger partial charge < -0.3 is 20.3 Å². The van der Waals surface area contributed by atoms with Crippen molar-refractivity contribution in [3.05, 3.63) is 29.8 Å². The molecule has 0 heterocycles. The molecule has 5 nitrogen and oxygen atoms in total. The summed E-state index contributed by atoms with van der Waals surface area (Å²) in [6, 6.07) is 8.64. The Morgan fingerprint density at radius 3 is 2.43 bits per heavy atom. The lowest BCUT2D eigenvalue weighted by atomic mass is 10.2. The highest BCUT2D eigenvalue weighted by atomic mass is 127. The average Bonchev–Trinajstić information content (AvgIpc) is 2.57. The third kappa shape index (κ3) is 8.41. The highest BCUT2D eigenvalue weighted by molar-refractivity contribution is 14.0. The Labute approximate surface area is 157 Å². The van der Waals surface area contributed by atoms with E-state index in [4.69, 9.17) is 4.74 Å². The lowest BCUT2D eigenvalue weighted by Crippen LogP contribution is -2.42. The molecule has 0 bridgehead atoms. The van der Waals surface area contributed by atoms with Gasteiger partial charge in [0.1, 0.15) is 5.75 Å². The van der Waals surface area contributed by atoms with Crippen LogP contribution in [-0.2, 0) is 6.54 Å². The van der Waals surface area contributed by atoms with Gasteiger partial charge in [-0.05, 0) is 38.1 Å². The Morgan fingerprint density at radius 2 is 1.91 bits per heavy atom. The summed E-state index contributed by atoms with van der Waals surface area (Å²) in [6.45, 7) is 7.08. The van der Waals surface area contributed by atoms with Gasteiger partial charge in [0.05, 0.1) is 7.11 Å². The first kappa shape index (κ1) is 22.0. The molecule has 0 aromatic heterocycles. The fraction of sp³-hybridized carbons (Fsp3) is 0.588. The summed E-state index contributed by atoms with van der Waals surface area (Å²) < 4.78 is 5.16. The molecule has 0 aliphatic heterocycles.